The molecule has 2 fully saturated rings. The first-order valence-corrected chi connectivity index (χ1v) is 10.2. The van der Waals surface area contributed by atoms with E-state index in [9.17, 15) is 14.0 Å². The molecule has 0 radical (unpaired) electrons. The van der Waals surface area contributed by atoms with Crippen LogP contribution in [-0.2, 0) is 11.2 Å². The molecule has 0 unspecified atom stereocenters. The first-order valence-electron chi connectivity index (χ1n) is 10.2. The summed E-state index contributed by atoms with van der Waals surface area (Å²) in [6.45, 7) is 0.965. The van der Waals surface area contributed by atoms with Gasteiger partial charge in [-0.1, -0.05) is 12.1 Å². The maximum absolute atomic E-state index is 15.1. The van der Waals surface area contributed by atoms with Crippen LogP contribution in [0.4, 0.5) is 14.6 Å². The van der Waals surface area contributed by atoms with E-state index in [1.54, 1.807) is 12.1 Å². The van der Waals surface area contributed by atoms with Crippen LogP contribution < -0.4 is 16.6 Å². The highest BCUT2D eigenvalue weighted by atomic mass is 19.1. The quantitative estimate of drug-likeness (QED) is 0.826. The number of nitrogens with one attached hydrogen (secondary N) is 2. The van der Waals surface area contributed by atoms with Crippen molar-refractivity contribution < 1.29 is 13.5 Å². The lowest BCUT2D eigenvalue weighted by Gasteiger charge is -2.31. The van der Waals surface area contributed by atoms with E-state index < -0.39 is 29.3 Å². The first kappa shape index (κ1) is 18.5. The van der Waals surface area contributed by atoms with Gasteiger partial charge >= 0.3 is 5.69 Å². The molecule has 0 amide bonds. The standard InChI is InChI=1S/C21H23F2N3O3/c22-16-4-3-12(11-1-2-11)9-14(16)18-17(23)10-15-19(24-18)25-21(28)26(20(15)27)13-5-7-29-8-6-13/h3-4,9,11,13,17-18,24H,1-2,5-8,10H2,(H,25,28)/t17-,18-/m0/s1. The second kappa shape index (κ2) is 7.09. The molecule has 3 aliphatic rings. The molecule has 8 heteroatoms. The fraction of sp³-hybridized carbons (Fsp3) is 0.524. The lowest BCUT2D eigenvalue weighted by atomic mass is 9.92. The number of halogens is 2. The molecule has 2 aliphatic heterocycles. The zero-order valence-electron chi connectivity index (χ0n) is 15.9. The first-order chi connectivity index (χ1) is 14.0. The van der Waals surface area contributed by atoms with Gasteiger partial charge in [-0.2, -0.15) is 0 Å². The van der Waals surface area contributed by atoms with Gasteiger partial charge in [0, 0.05) is 31.2 Å². The van der Waals surface area contributed by atoms with Gasteiger partial charge in [0.05, 0.1) is 11.6 Å². The Bertz CT molecular complexity index is 1050. The van der Waals surface area contributed by atoms with Gasteiger partial charge in [0.2, 0.25) is 0 Å². The number of hydrogen-bond donors (Lipinski definition) is 2. The third-order valence-electron chi connectivity index (χ3n) is 6.25. The molecule has 29 heavy (non-hydrogen) atoms. The van der Waals surface area contributed by atoms with E-state index in [0.29, 0.717) is 32.0 Å². The third kappa shape index (κ3) is 3.29. The predicted octanol–water partition coefficient (Wildman–Crippen LogP) is 2.95. The van der Waals surface area contributed by atoms with Gasteiger partial charge in [-0.3, -0.25) is 14.3 Å². The summed E-state index contributed by atoms with van der Waals surface area (Å²) in [5.41, 5.74) is 0.443. The summed E-state index contributed by atoms with van der Waals surface area (Å²) in [5, 5.41) is 2.89. The maximum atomic E-state index is 15.1. The zero-order valence-corrected chi connectivity index (χ0v) is 15.9. The molecule has 0 bridgehead atoms. The molecule has 3 heterocycles. The summed E-state index contributed by atoms with van der Waals surface area (Å²) < 4.78 is 36.1. The number of hydrogen-bond acceptors (Lipinski definition) is 4. The number of benzene rings is 1. The van der Waals surface area contributed by atoms with Crippen molar-refractivity contribution in [3.05, 3.63) is 61.5 Å². The van der Waals surface area contributed by atoms with Crippen molar-refractivity contribution in [2.75, 3.05) is 18.5 Å². The Morgan fingerprint density at radius 3 is 2.59 bits per heavy atom. The van der Waals surface area contributed by atoms with Gasteiger partial charge in [0.15, 0.2) is 0 Å². The van der Waals surface area contributed by atoms with Gasteiger partial charge in [0.1, 0.15) is 17.8 Å². The van der Waals surface area contributed by atoms with E-state index in [0.717, 1.165) is 18.4 Å². The van der Waals surface area contributed by atoms with Gasteiger partial charge in [0.25, 0.3) is 5.56 Å². The van der Waals surface area contributed by atoms with Crippen molar-refractivity contribution in [2.45, 2.75) is 56.3 Å². The number of ether oxygens (including phenoxy) is 1. The SMILES string of the molecule is O=c1[nH]c2c(c(=O)n1C1CCOCC1)C[C@H](F)[C@H](c1cc(C3CC3)ccc1F)N2. The number of nitrogens with zero attached hydrogens (tertiary/aromatic N) is 1. The van der Waals surface area contributed by atoms with E-state index in [-0.39, 0.29) is 29.4 Å². The molecular formula is C21H23F2N3O3. The molecular weight excluding hydrogens is 380 g/mol. The predicted molar refractivity (Wildman–Crippen MR) is 104 cm³/mol. The molecule has 1 saturated heterocycles. The molecule has 1 saturated carbocycles. The van der Waals surface area contributed by atoms with E-state index in [2.05, 4.69) is 10.3 Å². The highest BCUT2D eigenvalue weighted by molar-refractivity contribution is 5.50. The third-order valence-corrected chi connectivity index (χ3v) is 6.25. The fourth-order valence-electron chi connectivity index (χ4n) is 4.48. The number of aromatic nitrogens is 2. The van der Waals surface area contributed by atoms with Crippen LogP contribution in [0.5, 0.6) is 0 Å². The molecule has 1 aromatic heterocycles. The topological polar surface area (TPSA) is 76.1 Å². The lowest BCUT2D eigenvalue weighted by Crippen LogP contribution is -2.45. The lowest BCUT2D eigenvalue weighted by molar-refractivity contribution is 0.0673. The van der Waals surface area contributed by atoms with Crippen molar-refractivity contribution in [3.63, 3.8) is 0 Å². The van der Waals surface area contributed by atoms with Crippen LogP contribution in [0, 0.1) is 5.82 Å². The fourth-order valence-corrected chi connectivity index (χ4v) is 4.48. The van der Waals surface area contributed by atoms with E-state index in [1.165, 1.54) is 10.6 Å². The number of alkyl halides is 1. The Balaban J connectivity index is 1.51. The van der Waals surface area contributed by atoms with Crippen LogP contribution in [0.15, 0.2) is 27.8 Å². The minimum absolute atomic E-state index is 0.168. The summed E-state index contributed by atoms with van der Waals surface area (Å²) in [7, 11) is 0. The van der Waals surface area contributed by atoms with Gasteiger partial charge in [-0.15, -0.1) is 0 Å². The molecule has 6 nitrogen and oxygen atoms in total. The molecule has 154 valence electrons. The van der Waals surface area contributed by atoms with Gasteiger partial charge in [-0.25, -0.2) is 13.6 Å². The molecule has 2 N–H and O–H groups in total. The summed E-state index contributed by atoms with van der Waals surface area (Å²) in [6, 6.07) is 3.63. The maximum Gasteiger partial charge on any atom is 0.330 e. The van der Waals surface area contributed by atoms with Crippen molar-refractivity contribution in [3.8, 4) is 0 Å². The van der Waals surface area contributed by atoms with Crippen LogP contribution in [0.1, 0.15) is 60.4 Å². The van der Waals surface area contributed by atoms with E-state index >= 15 is 4.39 Å². The number of fused-ring (bicyclic) bond motifs is 1. The molecule has 1 aromatic carbocycles. The van der Waals surface area contributed by atoms with Crippen molar-refractivity contribution in [2.24, 2.45) is 0 Å². The zero-order chi connectivity index (χ0) is 20.1. The Labute approximate surface area is 165 Å². The second-order valence-corrected chi connectivity index (χ2v) is 8.20. The highest BCUT2D eigenvalue weighted by Crippen LogP contribution is 2.42. The van der Waals surface area contributed by atoms with E-state index in [4.69, 9.17) is 4.74 Å². The summed E-state index contributed by atoms with van der Waals surface area (Å²) in [6.07, 6.45) is 1.60. The smallest absolute Gasteiger partial charge is 0.330 e. The number of rotatable bonds is 3. The van der Waals surface area contributed by atoms with Crippen molar-refractivity contribution >= 4 is 5.82 Å². The Hall–Kier alpha value is -2.48. The molecule has 2 aromatic rings. The monoisotopic (exact) mass is 403 g/mol. The summed E-state index contributed by atoms with van der Waals surface area (Å²) >= 11 is 0. The number of anilines is 1. The normalized spacial score (nSPS) is 24.8. The molecule has 0 spiro atoms. The van der Waals surface area contributed by atoms with Crippen LogP contribution in [0.2, 0.25) is 0 Å². The Morgan fingerprint density at radius 2 is 1.86 bits per heavy atom. The van der Waals surface area contributed by atoms with E-state index in [1.807, 2.05) is 0 Å². The second-order valence-electron chi connectivity index (χ2n) is 8.20. The van der Waals surface area contributed by atoms with Crippen molar-refractivity contribution in [1.82, 2.24) is 9.55 Å². The minimum Gasteiger partial charge on any atom is -0.381 e. The average molecular weight is 403 g/mol. The summed E-state index contributed by atoms with van der Waals surface area (Å²) in [5.74, 6) is 0.115. The molecule has 1 aliphatic carbocycles. The summed E-state index contributed by atoms with van der Waals surface area (Å²) in [4.78, 5) is 28.3. The Kier molecular flexibility index (Phi) is 4.53. The van der Waals surface area contributed by atoms with Crippen LogP contribution >= 0.6 is 0 Å². The number of H-pyrrole nitrogens is 1. The molecule has 5 rings (SSSR count). The largest absolute Gasteiger partial charge is 0.381 e. The highest BCUT2D eigenvalue weighted by Gasteiger charge is 2.35. The van der Waals surface area contributed by atoms with Crippen LogP contribution in [0.3, 0.4) is 0 Å². The minimum atomic E-state index is -1.48. The molecule has 2 atom stereocenters. The van der Waals surface area contributed by atoms with Gasteiger partial charge in [-0.05, 0) is 43.2 Å². The Morgan fingerprint density at radius 1 is 1.10 bits per heavy atom. The van der Waals surface area contributed by atoms with Crippen LogP contribution in [0.25, 0.3) is 0 Å². The van der Waals surface area contributed by atoms with Crippen LogP contribution in [-0.4, -0.2) is 28.9 Å². The van der Waals surface area contributed by atoms with Crippen molar-refractivity contribution in [1.29, 1.82) is 0 Å². The number of aromatic amines is 1. The van der Waals surface area contributed by atoms with Gasteiger partial charge < -0.3 is 10.1 Å². The average Bonchev–Trinajstić information content (AvgIpc) is 3.55.